The van der Waals surface area contributed by atoms with Crippen molar-refractivity contribution in [1.82, 2.24) is 5.32 Å². The standard InChI is InChI=1S/C13H25NO4/c1-12(2,3)17-10(15)7-8-14-9-11(16)18-13(4,5)6/h14H,7-9H2,1-6H3. The second kappa shape index (κ2) is 6.73. The third-order valence-electron chi connectivity index (χ3n) is 1.62. The SMILES string of the molecule is CC(C)(C)OC(=O)CCNCC(=O)OC(C)(C)C. The molecule has 0 radical (unpaired) electrons. The molecule has 0 aromatic carbocycles. The molecule has 0 heterocycles. The fourth-order valence-corrected chi connectivity index (χ4v) is 1.15. The summed E-state index contributed by atoms with van der Waals surface area (Å²) >= 11 is 0. The molecule has 0 aliphatic heterocycles. The van der Waals surface area contributed by atoms with Crippen molar-refractivity contribution >= 4 is 11.9 Å². The summed E-state index contributed by atoms with van der Waals surface area (Å²) in [4.78, 5) is 22.7. The fourth-order valence-electron chi connectivity index (χ4n) is 1.15. The Morgan fingerprint density at radius 1 is 0.889 bits per heavy atom. The number of carbonyl (C=O) groups is 2. The third kappa shape index (κ3) is 11.4. The molecule has 0 bridgehead atoms. The maximum Gasteiger partial charge on any atom is 0.320 e. The highest BCUT2D eigenvalue weighted by Gasteiger charge is 2.17. The Morgan fingerprint density at radius 2 is 1.33 bits per heavy atom. The van der Waals surface area contributed by atoms with E-state index in [1.807, 2.05) is 41.5 Å². The van der Waals surface area contributed by atoms with E-state index < -0.39 is 11.2 Å². The van der Waals surface area contributed by atoms with Crippen LogP contribution in [-0.4, -0.2) is 36.2 Å². The molecule has 1 N–H and O–H groups in total. The van der Waals surface area contributed by atoms with E-state index in [9.17, 15) is 9.59 Å². The van der Waals surface area contributed by atoms with E-state index >= 15 is 0 Å². The van der Waals surface area contributed by atoms with Gasteiger partial charge in [0, 0.05) is 6.54 Å². The first kappa shape index (κ1) is 16.9. The van der Waals surface area contributed by atoms with Gasteiger partial charge in [-0.2, -0.15) is 0 Å². The molecule has 0 atom stereocenters. The summed E-state index contributed by atoms with van der Waals surface area (Å²) in [7, 11) is 0. The molecule has 0 aliphatic rings. The lowest BCUT2D eigenvalue weighted by atomic mass is 10.2. The minimum absolute atomic E-state index is 0.0973. The van der Waals surface area contributed by atoms with Crippen LogP contribution in [0.2, 0.25) is 0 Å². The highest BCUT2D eigenvalue weighted by Crippen LogP contribution is 2.08. The quantitative estimate of drug-likeness (QED) is 0.601. The van der Waals surface area contributed by atoms with Crippen LogP contribution in [0.15, 0.2) is 0 Å². The van der Waals surface area contributed by atoms with Gasteiger partial charge >= 0.3 is 11.9 Å². The summed E-state index contributed by atoms with van der Waals surface area (Å²) in [6.07, 6.45) is 0.236. The largest absolute Gasteiger partial charge is 0.460 e. The predicted molar refractivity (Wildman–Crippen MR) is 69.2 cm³/mol. The maximum atomic E-state index is 11.4. The van der Waals surface area contributed by atoms with Gasteiger partial charge < -0.3 is 14.8 Å². The third-order valence-corrected chi connectivity index (χ3v) is 1.62. The van der Waals surface area contributed by atoms with Crippen LogP contribution in [0.4, 0.5) is 0 Å². The number of carbonyl (C=O) groups excluding carboxylic acids is 2. The summed E-state index contributed by atoms with van der Waals surface area (Å²) in [6.45, 7) is 11.4. The van der Waals surface area contributed by atoms with E-state index in [2.05, 4.69) is 5.32 Å². The van der Waals surface area contributed by atoms with E-state index in [0.29, 0.717) is 6.54 Å². The fraction of sp³-hybridized carbons (Fsp3) is 0.846. The van der Waals surface area contributed by atoms with E-state index in [1.54, 1.807) is 0 Å². The Morgan fingerprint density at radius 3 is 1.78 bits per heavy atom. The van der Waals surface area contributed by atoms with E-state index in [1.165, 1.54) is 0 Å². The van der Waals surface area contributed by atoms with Gasteiger partial charge in [0.1, 0.15) is 11.2 Å². The second-order valence-electron chi connectivity index (χ2n) is 6.10. The monoisotopic (exact) mass is 259 g/mol. The number of esters is 2. The zero-order chi connectivity index (χ0) is 14.4. The van der Waals surface area contributed by atoms with Gasteiger partial charge in [0.15, 0.2) is 0 Å². The molecule has 106 valence electrons. The number of hydrogen-bond acceptors (Lipinski definition) is 5. The van der Waals surface area contributed by atoms with Crippen molar-refractivity contribution in [2.75, 3.05) is 13.1 Å². The summed E-state index contributed by atoms with van der Waals surface area (Å²) < 4.78 is 10.2. The van der Waals surface area contributed by atoms with Crippen molar-refractivity contribution < 1.29 is 19.1 Å². The Bertz CT molecular complexity index is 256. The van der Waals surface area contributed by atoms with Crippen molar-refractivity contribution in [3.05, 3.63) is 0 Å². The summed E-state index contributed by atoms with van der Waals surface area (Å²) in [5.74, 6) is -0.606. The lowest BCUT2D eigenvalue weighted by Gasteiger charge is -2.20. The maximum absolute atomic E-state index is 11.4. The summed E-state index contributed by atoms with van der Waals surface area (Å²) in [5.41, 5.74) is -0.952. The minimum Gasteiger partial charge on any atom is -0.460 e. The zero-order valence-electron chi connectivity index (χ0n) is 12.3. The van der Waals surface area contributed by atoms with Gasteiger partial charge in [0.25, 0.3) is 0 Å². The molecule has 0 unspecified atom stereocenters. The molecular weight excluding hydrogens is 234 g/mol. The molecule has 0 aromatic rings. The average molecular weight is 259 g/mol. The van der Waals surface area contributed by atoms with Crippen LogP contribution in [0, 0.1) is 0 Å². The molecule has 0 spiro atoms. The smallest absolute Gasteiger partial charge is 0.320 e. The number of ether oxygens (including phenoxy) is 2. The van der Waals surface area contributed by atoms with Crippen LogP contribution in [0.1, 0.15) is 48.0 Å². The van der Waals surface area contributed by atoms with Crippen molar-refractivity contribution in [3.63, 3.8) is 0 Å². The molecule has 0 rings (SSSR count). The first-order valence-electron chi connectivity index (χ1n) is 6.14. The molecule has 5 nitrogen and oxygen atoms in total. The van der Waals surface area contributed by atoms with E-state index in [0.717, 1.165) is 0 Å². The van der Waals surface area contributed by atoms with Gasteiger partial charge in [-0.15, -0.1) is 0 Å². The van der Waals surface area contributed by atoms with Crippen molar-refractivity contribution in [1.29, 1.82) is 0 Å². The van der Waals surface area contributed by atoms with Gasteiger partial charge in [-0.25, -0.2) is 0 Å². The topological polar surface area (TPSA) is 64.6 Å². The van der Waals surface area contributed by atoms with Crippen LogP contribution in [0.3, 0.4) is 0 Å². The van der Waals surface area contributed by atoms with Crippen molar-refractivity contribution in [2.45, 2.75) is 59.2 Å². The molecular formula is C13H25NO4. The van der Waals surface area contributed by atoms with Crippen LogP contribution in [0.25, 0.3) is 0 Å². The van der Waals surface area contributed by atoms with E-state index in [4.69, 9.17) is 9.47 Å². The van der Waals surface area contributed by atoms with E-state index in [-0.39, 0.29) is 24.9 Å². The first-order valence-corrected chi connectivity index (χ1v) is 6.14. The molecule has 0 amide bonds. The number of rotatable bonds is 5. The molecule has 5 heteroatoms. The van der Waals surface area contributed by atoms with Gasteiger partial charge in [0.05, 0.1) is 13.0 Å². The average Bonchev–Trinajstić information content (AvgIpc) is 2.06. The number of nitrogens with one attached hydrogen (secondary N) is 1. The Labute approximate surface area is 109 Å². The number of hydrogen-bond donors (Lipinski definition) is 1. The predicted octanol–water partition coefficient (Wildman–Crippen LogP) is 1.65. The normalized spacial score (nSPS) is 12.1. The molecule has 18 heavy (non-hydrogen) atoms. The lowest BCUT2D eigenvalue weighted by Crippen LogP contribution is -2.33. The second-order valence-corrected chi connectivity index (χ2v) is 6.10. The van der Waals surface area contributed by atoms with Crippen LogP contribution >= 0.6 is 0 Å². The van der Waals surface area contributed by atoms with Crippen LogP contribution in [-0.2, 0) is 19.1 Å². The minimum atomic E-state index is -0.482. The van der Waals surface area contributed by atoms with Gasteiger partial charge in [-0.05, 0) is 41.5 Å². The summed E-state index contributed by atoms with van der Waals surface area (Å²) in [5, 5.41) is 2.85. The molecule has 0 aliphatic carbocycles. The van der Waals surface area contributed by atoms with Crippen LogP contribution < -0.4 is 5.32 Å². The molecule has 0 saturated carbocycles. The highest BCUT2D eigenvalue weighted by molar-refractivity contribution is 5.72. The Balaban J connectivity index is 3.69. The Hall–Kier alpha value is -1.10. The zero-order valence-corrected chi connectivity index (χ0v) is 12.3. The molecule has 0 saturated heterocycles. The van der Waals surface area contributed by atoms with Gasteiger partial charge in [-0.1, -0.05) is 0 Å². The van der Waals surface area contributed by atoms with Crippen LogP contribution in [0.5, 0.6) is 0 Å². The lowest BCUT2D eigenvalue weighted by molar-refractivity contribution is -0.156. The van der Waals surface area contributed by atoms with Crippen molar-refractivity contribution in [3.8, 4) is 0 Å². The van der Waals surface area contributed by atoms with Crippen molar-refractivity contribution in [2.24, 2.45) is 0 Å². The summed E-state index contributed by atoms with van der Waals surface area (Å²) in [6, 6.07) is 0. The molecule has 0 aromatic heterocycles. The van der Waals surface area contributed by atoms with Gasteiger partial charge in [-0.3, -0.25) is 9.59 Å². The van der Waals surface area contributed by atoms with Gasteiger partial charge in [0.2, 0.25) is 0 Å². The highest BCUT2D eigenvalue weighted by atomic mass is 16.6. The Kier molecular flexibility index (Phi) is 6.32. The first-order chi connectivity index (χ1) is 7.99. The molecule has 0 fully saturated rings.